The number of hydrogen-bond donors (Lipinski definition) is 0. The lowest BCUT2D eigenvalue weighted by Crippen LogP contribution is -2.27. The summed E-state index contributed by atoms with van der Waals surface area (Å²) < 4.78 is 0. The fourth-order valence-electron chi connectivity index (χ4n) is 2.20. The van der Waals surface area contributed by atoms with Gasteiger partial charge in [-0.25, -0.2) is 0 Å². The van der Waals surface area contributed by atoms with Gasteiger partial charge in [0, 0.05) is 0 Å². The second-order valence-corrected chi connectivity index (χ2v) is 4.98. The molecule has 0 saturated heterocycles. The molecule has 0 saturated carbocycles. The molecule has 0 fully saturated rings. The Morgan fingerprint density at radius 2 is 1.58 bits per heavy atom. The van der Waals surface area contributed by atoms with Crippen LogP contribution in [0, 0.1) is 17.3 Å². The average molecular weight is 170 g/mol. The maximum absolute atomic E-state index is 2.41. The highest BCUT2D eigenvalue weighted by molar-refractivity contribution is 4.78. The van der Waals surface area contributed by atoms with E-state index in [9.17, 15) is 0 Å². The lowest BCUT2D eigenvalue weighted by molar-refractivity contribution is 0.138. The van der Waals surface area contributed by atoms with E-state index >= 15 is 0 Å². The van der Waals surface area contributed by atoms with Crippen LogP contribution in [0.15, 0.2) is 0 Å². The van der Waals surface area contributed by atoms with Crippen LogP contribution in [0.25, 0.3) is 0 Å². The minimum absolute atomic E-state index is 0.532. The van der Waals surface area contributed by atoms with E-state index in [-0.39, 0.29) is 0 Å². The van der Waals surface area contributed by atoms with E-state index < -0.39 is 0 Å². The Bertz CT molecular complexity index is 111. The standard InChI is InChI=1S/C12H26/c1-7-9-11(10(3)4)12(5,6)8-2/h10-11H,7-9H2,1-6H3/t11-/m1/s1. The van der Waals surface area contributed by atoms with Crippen molar-refractivity contribution in [3.8, 4) is 0 Å². The molecule has 0 radical (unpaired) electrons. The van der Waals surface area contributed by atoms with Crippen LogP contribution in [0.3, 0.4) is 0 Å². The molecule has 0 amide bonds. The van der Waals surface area contributed by atoms with Crippen molar-refractivity contribution in [2.45, 2.75) is 60.8 Å². The van der Waals surface area contributed by atoms with Crippen LogP contribution in [0.1, 0.15) is 60.8 Å². The van der Waals surface area contributed by atoms with Gasteiger partial charge in [-0.05, 0) is 23.7 Å². The van der Waals surface area contributed by atoms with Crippen LogP contribution in [0.5, 0.6) is 0 Å². The van der Waals surface area contributed by atoms with Crippen LogP contribution < -0.4 is 0 Å². The molecule has 0 N–H and O–H groups in total. The highest BCUT2D eigenvalue weighted by Crippen LogP contribution is 2.38. The Labute approximate surface area is 78.8 Å². The van der Waals surface area contributed by atoms with Crippen molar-refractivity contribution in [3.63, 3.8) is 0 Å². The van der Waals surface area contributed by atoms with Gasteiger partial charge in [0.15, 0.2) is 0 Å². The molecule has 74 valence electrons. The van der Waals surface area contributed by atoms with Gasteiger partial charge in [0.2, 0.25) is 0 Å². The lowest BCUT2D eigenvalue weighted by atomic mass is 9.69. The summed E-state index contributed by atoms with van der Waals surface area (Å²) in [6, 6.07) is 0. The van der Waals surface area contributed by atoms with E-state index in [0.717, 1.165) is 11.8 Å². The zero-order valence-electron chi connectivity index (χ0n) is 9.78. The van der Waals surface area contributed by atoms with Crippen molar-refractivity contribution >= 4 is 0 Å². The van der Waals surface area contributed by atoms with Gasteiger partial charge in [-0.2, -0.15) is 0 Å². The normalized spacial score (nSPS) is 15.2. The van der Waals surface area contributed by atoms with Crippen LogP contribution in [0.4, 0.5) is 0 Å². The van der Waals surface area contributed by atoms with E-state index in [1.54, 1.807) is 0 Å². The third kappa shape index (κ3) is 3.16. The second kappa shape index (κ2) is 4.89. The summed E-state index contributed by atoms with van der Waals surface area (Å²) in [4.78, 5) is 0. The third-order valence-corrected chi connectivity index (χ3v) is 3.32. The van der Waals surface area contributed by atoms with Crippen molar-refractivity contribution < 1.29 is 0 Å². The summed E-state index contributed by atoms with van der Waals surface area (Å²) in [6.45, 7) is 14.1. The first-order chi connectivity index (χ1) is 5.45. The van der Waals surface area contributed by atoms with E-state index in [0.29, 0.717) is 5.41 Å². The second-order valence-electron chi connectivity index (χ2n) is 4.98. The molecule has 12 heavy (non-hydrogen) atoms. The van der Waals surface area contributed by atoms with Gasteiger partial charge in [-0.15, -0.1) is 0 Å². The summed E-state index contributed by atoms with van der Waals surface area (Å²) in [7, 11) is 0. The first-order valence-electron chi connectivity index (χ1n) is 5.45. The van der Waals surface area contributed by atoms with Crippen molar-refractivity contribution in [3.05, 3.63) is 0 Å². The van der Waals surface area contributed by atoms with E-state index in [1.807, 2.05) is 0 Å². The van der Waals surface area contributed by atoms with Crippen LogP contribution in [-0.2, 0) is 0 Å². The molecule has 0 rings (SSSR count). The zero-order valence-corrected chi connectivity index (χ0v) is 9.78. The summed E-state index contributed by atoms with van der Waals surface area (Å²) in [5, 5.41) is 0. The third-order valence-electron chi connectivity index (χ3n) is 3.32. The highest BCUT2D eigenvalue weighted by Gasteiger charge is 2.28. The van der Waals surface area contributed by atoms with Gasteiger partial charge < -0.3 is 0 Å². The first kappa shape index (κ1) is 12.0. The van der Waals surface area contributed by atoms with Gasteiger partial charge in [0.1, 0.15) is 0 Å². The summed E-state index contributed by atoms with van der Waals surface area (Å²) in [5.74, 6) is 1.73. The highest BCUT2D eigenvalue weighted by atomic mass is 14.3. The molecule has 0 aliphatic rings. The van der Waals surface area contributed by atoms with Crippen molar-refractivity contribution in [2.24, 2.45) is 17.3 Å². The zero-order chi connectivity index (χ0) is 9.78. The SMILES string of the molecule is CCC[C@H](C(C)C)C(C)(C)CC. The smallest absolute Gasteiger partial charge is 0.0326 e. The molecule has 0 aliphatic heterocycles. The van der Waals surface area contributed by atoms with E-state index in [4.69, 9.17) is 0 Å². The van der Waals surface area contributed by atoms with Crippen LogP contribution >= 0.6 is 0 Å². The molecule has 0 heteroatoms. The van der Waals surface area contributed by atoms with Crippen LogP contribution in [-0.4, -0.2) is 0 Å². The quantitative estimate of drug-likeness (QED) is 0.570. The van der Waals surface area contributed by atoms with Crippen molar-refractivity contribution in [1.82, 2.24) is 0 Å². The Morgan fingerprint density at radius 1 is 1.08 bits per heavy atom. The maximum Gasteiger partial charge on any atom is -0.0326 e. The van der Waals surface area contributed by atoms with Gasteiger partial charge in [0.25, 0.3) is 0 Å². The number of hydrogen-bond acceptors (Lipinski definition) is 0. The molecule has 1 atom stereocenters. The average Bonchev–Trinajstić information content (AvgIpc) is 1.99. The molecule has 0 aromatic heterocycles. The summed E-state index contributed by atoms with van der Waals surface area (Å²) in [5.41, 5.74) is 0.532. The predicted octanol–water partition coefficient (Wildman–Crippen LogP) is 4.49. The van der Waals surface area contributed by atoms with Gasteiger partial charge >= 0.3 is 0 Å². The molecule has 0 aromatic carbocycles. The molecule has 0 heterocycles. The Balaban J connectivity index is 4.27. The molecule has 0 spiro atoms. The minimum atomic E-state index is 0.532. The fraction of sp³-hybridized carbons (Fsp3) is 1.00. The molecule has 0 nitrogen and oxygen atoms in total. The largest absolute Gasteiger partial charge is 0.0654 e. The molecular formula is C12H26. The molecular weight excluding hydrogens is 144 g/mol. The lowest BCUT2D eigenvalue weighted by Gasteiger charge is -2.36. The molecule has 0 aliphatic carbocycles. The van der Waals surface area contributed by atoms with Gasteiger partial charge in [-0.3, -0.25) is 0 Å². The van der Waals surface area contributed by atoms with Crippen molar-refractivity contribution in [1.29, 1.82) is 0 Å². The maximum atomic E-state index is 2.41. The molecule has 0 aromatic rings. The Morgan fingerprint density at radius 3 is 1.83 bits per heavy atom. The van der Waals surface area contributed by atoms with Gasteiger partial charge in [0.05, 0.1) is 0 Å². The van der Waals surface area contributed by atoms with E-state index in [1.165, 1.54) is 19.3 Å². The summed E-state index contributed by atoms with van der Waals surface area (Å²) in [6.07, 6.45) is 4.01. The molecule has 0 unspecified atom stereocenters. The van der Waals surface area contributed by atoms with Gasteiger partial charge in [-0.1, -0.05) is 54.4 Å². The Hall–Kier alpha value is 0. The minimum Gasteiger partial charge on any atom is -0.0654 e. The van der Waals surface area contributed by atoms with Crippen molar-refractivity contribution in [2.75, 3.05) is 0 Å². The summed E-state index contributed by atoms with van der Waals surface area (Å²) >= 11 is 0. The fourth-order valence-corrected chi connectivity index (χ4v) is 2.20. The Kier molecular flexibility index (Phi) is 4.89. The van der Waals surface area contributed by atoms with Crippen LogP contribution in [0.2, 0.25) is 0 Å². The first-order valence-corrected chi connectivity index (χ1v) is 5.45. The number of rotatable bonds is 5. The van der Waals surface area contributed by atoms with E-state index in [2.05, 4.69) is 41.5 Å². The molecule has 0 bridgehead atoms. The topological polar surface area (TPSA) is 0 Å². The predicted molar refractivity (Wildman–Crippen MR) is 57.3 cm³/mol. The monoisotopic (exact) mass is 170 g/mol.